The van der Waals surface area contributed by atoms with E-state index in [-0.39, 0.29) is 38.2 Å². The molecule has 0 rings (SSSR count). The zero-order valence-electron chi connectivity index (χ0n) is 21.4. The summed E-state index contributed by atoms with van der Waals surface area (Å²) < 4.78 is 2.86. The Bertz CT molecular complexity index is 370. The third-order valence-corrected chi connectivity index (χ3v) is 16.4. The molecule has 0 bridgehead atoms. The first-order valence-electron chi connectivity index (χ1n) is 11.3. The summed E-state index contributed by atoms with van der Waals surface area (Å²) in [6.07, 6.45) is 2.84. The van der Waals surface area contributed by atoms with Crippen LogP contribution >= 0.6 is 15.8 Å². The molecule has 0 spiro atoms. The molecule has 28 heavy (non-hydrogen) atoms. The van der Waals surface area contributed by atoms with E-state index in [0.29, 0.717) is 0 Å². The van der Waals surface area contributed by atoms with Crippen molar-refractivity contribution in [2.75, 3.05) is 25.4 Å². The van der Waals surface area contributed by atoms with Crippen LogP contribution in [0.5, 0.6) is 0 Å². The molecule has 0 aliphatic heterocycles. The van der Waals surface area contributed by atoms with Gasteiger partial charge in [0.25, 0.3) is 0 Å². The van der Waals surface area contributed by atoms with Gasteiger partial charge in [-0.2, -0.15) is 0 Å². The molecular formula is C22H53CoN2P2Si+3. The van der Waals surface area contributed by atoms with Crippen LogP contribution in [0.4, 0.5) is 0 Å². The molecule has 0 fully saturated rings. The molecule has 171 valence electrons. The van der Waals surface area contributed by atoms with Crippen molar-refractivity contribution in [2.45, 2.75) is 117 Å². The molecule has 0 aromatic carbocycles. The smallest absolute Gasteiger partial charge is 0.647 e. The standard InChI is InChI=1S/C22H51N2P2Si.Co/c1-18(2)25(19(3)4)16-14-24(27(12,13)23-22(9,10)11)15-17-26(20(5)6)21(7)8;/h18-21H,14-17H2,1-13H3;/q-1;+2/p+2. The van der Waals surface area contributed by atoms with Gasteiger partial charge in [-0.05, 0) is 55.4 Å². The van der Waals surface area contributed by atoms with Gasteiger partial charge in [-0.3, -0.25) is 0 Å². The Kier molecular flexibility index (Phi) is 15.6. The fraction of sp³-hybridized carbons (Fsp3) is 1.00. The molecule has 0 N–H and O–H groups in total. The van der Waals surface area contributed by atoms with Crippen molar-refractivity contribution in [3.05, 3.63) is 4.98 Å². The Hall–Kier alpha value is 1.50. The maximum absolute atomic E-state index is 5.36. The summed E-state index contributed by atoms with van der Waals surface area (Å²) in [5.74, 6) is 0. The number of nitrogens with zero attached hydrogens (tertiary/aromatic N) is 2. The summed E-state index contributed by atoms with van der Waals surface area (Å²) in [6.45, 7) is 33.9. The van der Waals surface area contributed by atoms with Crippen molar-refractivity contribution >= 4 is 24.2 Å². The van der Waals surface area contributed by atoms with Gasteiger partial charge in [-0.25, -0.2) is 0 Å². The summed E-state index contributed by atoms with van der Waals surface area (Å²) in [5, 5.41) is 0. The molecule has 0 aliphatic rings. The fourth-order valence-electron chi connectivity index (χ4n) is 4.57. The van der Waals surface area contributed by atoms with Gasteiger partial charge in [0, 0.05) is 37.3 Å². The summed E-state index contributed by atoms with van der Waals surface area (Å²) in [7, 11) is -2.35. The average molecular weight is 495 g/mol. The maximum Gasteiger partial charge on any atom is 2.00 e. The van der Waals surface area contributed by atoms with E-state index in [1.54, 1.807) is 0 Å². The second kappa shape index (κ2) is 13.8. The minimum absolute atomic E-state index is 0. The Morgan fingerprint density at radius 3 is 1.21 bits per heavy atom. The van der Waals surface area contributed by atoms with Crippen molar-refractivity contribution in [3.63, 3.8) is 0 Å². The Morgan fingerprint density at radius 2 is 1.00 bits per heavy atom. The molecule has 0 aromatic rings. The molecule has 0 aromatic heterocycles. The molecule has 0 saturated carbocycles. The molecule has 0 atom stereocenters. The molecule has 0 unspecified atom stereocenters. The molecule has 1 radical (unpaired) electrons. The van der Waals surface area contributed by atoms with Gasteiger partial charge in [0.1, 0.15) is 0 Å². The number of rotatable bonds is 12. The van der Waals surface area contributed by atoms with Crippen LogP contribution in [0.2, 0.25) is 13.1 Å². The van der Waals surface area contributed by atoms with Crippen molar-refractivity contribution in [1.82, 2.24) is 4.57 Å². The SMILES string of the molecule is CC(C)[PH+](CCN(CC[PH+](C(C)C)C(C)C)[Si](C)(C)[N-]C(C)(C)C)C(C)C.[Co+2]. The predicted molar refractivity (Wildman–Crippen MR) is 139 cm³/mol. The molecule has 0 amide bonds. The zero-order valence-corrected chi connectivity index (χ0v) is 25.4. The van der Waals surface area contributed by atoms with E-state index in [1.807, 2.05) is 0 Å². The van der Waals surface area contributed by atoms with Gasteiger partial charge in [-0.1, -0.05) is 33.9 Å². The minimum Gasteiger partial charge on any atom is -0.647 e. The van der Waals surface area contributed by atoms with Crippen molar-refractivity contribution < 1.29 is 16.8 Å². The molecular weight excluding hydrogens is 441 g/mol. The van der Waals surface area contributed by atoms with Gasteiger partial charge in [0.15, 0.2) is 0 Å². The van der Waals surface area contributed by atoms with E-state index in [9.17, 15) is 0 Å². The first-order valence-corrected chi connectivity index (χ1v) is 17.9. The third-order valence-electron chi connectivity index (χ3n) is 5.69. The zero-order chi connectivity index (χ0) is 21.6. The molecule has 6 heteroatoms. The van der Waals surface area contributed by atoms with E-state index in [2.05, 4.69) is 93.8 Å². The molecule has 0 saturated heterocycles. The van der Waals surface area contributed by atoms with E-state index in [0.717, 1.165) is 22.6 Å². The van der Waals surface area contributed by atoms with Gasteiger partial charge < -0.3 is 9.55 Å². The minimum atomic E-state index is -1.75. The average Bonchev–Trinajstić information content (AvgIpc) is 2.41. The number of hydrogen-bond acceptors (Lipinski definition) is 1. The van der Waals surface area contributed by atoms with Crippen LogP contribution in [-0.2, 0) is 16.8 Å². The second-order valence-corrected chi connectivity index (χ2v) is 22.8. The summed E-state index contributed by atoms with van der Waals surface area (Å²) in [4.78, 5) is 5.36. The first-order chi connectivity index (χ1) is 12.1. The monoisotopic (exact) mass is 494 g/mol. The van der Waals surface area contributed by atoms with Gasteiger partial charge >= 0.3 is 16.8 Å². The van der Waals surface area contributed by atoms with Gasteiger partial charge in [0.2, 0.25) is 0 Å². The first kappa shape index (κ1) is 31.7. The molecule has 2 nitrogen and oxygen atoms in total. The van der Waals surface area contributed by atoms with Crippen molar-refractivity contribution in [2.24, 2.45) is 0 Å². The van der Waals surface area contributed by atoms with Crippen LogP contribution in [0, 0.1) is 0 Å². The Labute approximate surface area is 193 Å². The summed E-state index contributed by atoms with van der Waals surface area (Å²) >= 11 is 0. The van der Waals surface area contributed by atoms with Gasteiger partial charge in [0.05, 0.1) is 35.0 Å². The van der Waals surface area contributed by atoms with Crippen molar-refractivity contribution in [1.29, 1.82) is 0 Å². The van der Waals surface area contributed by atoms with Crippen LogP contribution in [0.3, 0.4) is 0 Å². The quantitative estimate of drug-likeness (QED) is 0.207. The third kappa shape index (κ3) is 12.4. The van der Waals surface area contributed by atoms with Crippen LogP contribution in [0.25, 0.3) is 4.98 Å². The predicted octanol–water partition coefficient (Wildman–Crippen LogP) is 7.22. The Morgan fingerprint density at radius 1 is 0.714 bits per heavy atom. The van der Waals surface area contributed by atoms with E-state index < -0.39 is 8.40 Å². The second-order valence-electron chi connectivity index (χ2n) is 11.0. The van der Waals surface area contributed by atoms with E-state index in [1.165, 1.54) is 25.4 Å². The van der Waals surface area contributed by atoms with Crippen LogP contribution in [0.15, 0.2) is 0 Å². The Balaban J connectivity index is 0. The van der Waals surface area contributed by atoms with Crippen LogP contribution in [0.1, 0.15) is 76.2 Å². The maximum atomic E-state index is 5.36. The number of hydrogen-bond donors (Lipinski definition) is 0. The van der Waals surface area contributed by atoms with Crippen molar-refractivity contribution in [3.8, 4) is 0 Å². The van der Waals surface area contributed by atoms with Gasteiger partial charge in [-0.15, -0.1) is 5.54 Å². The summed E-state index contributed by atoms with van der Waals surface area (Å²) in [6, 6.07) is 0. The molecule has 0 heterocycles. The molecule has 0 aliphatic carbocycles. The topological polar surface area (TPSA) is 17.3 Å². The fourth-order valence-corrected chi connectivity index (χ4v) is 14.1. The normalized spacial score (nSPS) is 13.7. The van der Waals surface area contributed by atoms with Crippen LogP contribution < -0.4 is 0 Å². The van der Waals surface area contributed by atoms with E-state index >= 15 is 0 Å². The van der Waals surface area contributed by atoms with Crippen LogP contribution in [-0.4, -0.2) is 66.6 Å². The largest absolute Gasteiger partial charge is 2.00 e. The summed E-state index contributed by atoms with van der Waals surface area (Å²) in [5.41, 5.74) is 3.54. The van der Waals surface area contributed by atoms with E-state index in [4.69, 9.17) is 4.98 Å².